The molecule has 1 aliphatic rings. The minimum absolute atomic E-state index is 0. The van der Waals surface area contributed by atoms with E-state index in [0.717, 1.165) is 42.5 Å². The maximum atomic E-state index is 13.7. The van der Waals surface area contributed by atoms with E-state index in [0.29, 0.717) is 19.0 Å². The molecule has 0 radical (unpaired) electrons. The average molecular weight is 521 g/mol. The maximum absolute atomic E-state index is 13.7. The molecule has 0 bridgehead atoms. The van der Waals surface area contributed by atoms with Crippen molar-refractivity contribution in [3.8, 4) is 0 Å². The van der Waals surface area contributed by atoms with E-state index < -0.39 is 11.6 Å². The fourth-order valence-electron chi connectivity index (χ4n) is 2.94. The zero-order valence-electron chi connectivity index (χ0n) is 15.9. The van der Waals surface area contributed by atoms with Crippen LogP contribution in [-0.2, 0) is 13.0 Å². The molecule has 0 aliphatic carbocycles. The quantitative estimate of drug-likeness (QED) is 0.330. The molecule has 0 amide bonds. The molecule has 0 spiro atoms. The molecule has 5 nitrogen and oxygen atoms in total. The Morgan fingerprint density at radius 1 is 1.25 bits per heavy atom. The molecule has 0 saturated carbocycles. The molecule has 1 aromatic carbocycles. The van der Waals surface area contributed by atoms with Crippen LogP contribution in [0.4, 0.5) is 13.9 Å². The van der Waals surface area contributed by atoms with Crippen molar-refractivity contribution in [3.05, 3.63) is 46.5 Å². The van der Waals surface area contributed by atoms with Gasteiger partial charge in [0.25, 0.3) is 0 Å². The van der Waals surface area contributed by atoms with Gasteiger partial charge in [0.2, 0.25) is 0 Å². The Kier molecular flexibility index (Phi) is 9.36. The Bertz CT molecular complexity index is 777. The molecule has 1 aromatic heterocycles. The van der Waals surface area contributed by atoms with Gasteiger partial charge in [0, 0.05) is 43.5 Å². The lowest BCUT2D eigenvalue weighted by Crippen LogP contribution is -2.38. The SMILES string of the molecule is CCNC(=NCc1cc(F)ccc1F)NCCc1csc(N2CCCC2)n1.I. The Labute approximate surface area is 185 Å². The molecule has 0 atom stereocenters. The van der Waals surface area contributed by atoms with E-state index in [1.165, 1.54) is 18.9 Å². The molecule has 28 heavy (non-hydrogen) atoms. The van der Waals surface area contributed by atoms with Crippen molar-refractivity contribution in [2.24, 2.45) is 4.99 Å². The monoisotopic (exact) mass is 521 g/mol. The first kappa shape index (κ1) is 22.8. The van der Waals surface area contributed by atoms with E-state index >= 15 is 0 Å². The normalized spacial score (nSPS) is 14.1. The highest BCUT2D eigenvalue weighted by Crippen LogP contribution is 2.24. The number of benzene rings is 1. The number of anilines is 1. The van der Waals surface area contributed by atoms with Crippen LogP contribution in [0.2, 0.25) is 0 Å². The average Bonchev–Trinajstić information content (AvgIpc) is 3.33. The zero-order valence-corrected chi connectivity index (χ0v) is 19.0. The predicted octanol–water partition coefficient (Wildman–Crippen LogP) is 3.94. The number of aromatic nitrogens is 1. The van der Waals surface area contributed by atoms with Gasteiger partial charge in [-0.1, -0.05) is 0 Å². The summed E-state index contributed by atoms with van der Waals surface area (Å²) in [6.07, 6.45) is 3.26. The van der Waals surface area contributed by atoms with Crippen LogP contribution in [0.15, 0.2) is 28.6 Å². The van der Waals surface area contributed by atoms with E-state index in [1.54, 1.807) is 11.3 Å². The number of hydrogen-bond donors (Lipinski definition) is 2. The highest BCUT2D eigenvalue weighted by Gasteiger charge is 2.15. The van der Waals surface area contributed by atoms with Crippen molar-refractivity contribution >= 4 is 46.4 Å². The molecule has 2 N–H and O–H groups in total. The van der Waals surface area contributed by atoms with Gasteiger partial charge in [-0.3, -0.25) is 0 Å². The summed E-state index contributed by atoms with van der Waals surface area (Å²) in [6, 6.07) is 3.41. The number of guanidine groups is 1. The van der Waals surface area contributed by atoms with Gasteiger partial charge in [-0.2, -0.15) is 0 Å². The Balaban J connectivity index is 0.00000280. The highest BCUT2D eigenvalue weighted by molar-refractivity contribution is 14.0. The highest BCUT2D eigenvalue weighted by atomic mass is 127. The van der Waals surface area contributed by atoms with Crippen molar-refractivity contribution < 1.29 is 8.78 Å². The van der Waals surface area contributed by atoms with Gasteiger partial charge in [0.05, 0.1) is 12.2 Å². The van der Waals surface area contributed by atoms with Crippen molar-refractivity contribution in [3.63, 3.8) is 0 Å². The lowest BCUT2D eigenvalue weighted by molar-refractivity contribution is 0.585. The van der Waals surface area contributed by atoms with E-state index in [1.807, 2.05) is 6.92 Å². The topological polar surface area (TPSA) is 52.6 Å². The van der Waals surface area contributed by atoms with Crippen LogP contribution in [0.3, 0.4) is 0 Å². The van der Waals surface area contributed by atoms with Crippen LogP contribution < -0.4 is 15.5 Å². The third-order valence-corrected chi connectivity index (χ3v) is 5.30. The molecular weight excluding hydrogens is 495 g/mol. The second-order valence-corrected chi connectivity index (χ2v) is 7.26. The van der Waals surface area contributed by atoms with Gasteiger partial charge in [0.1, 0.15) is 11.6 Å². The first-order valence-electron chi connectivity index (χ1n) is 9.31. The summed E-state index contributed by atoms with van der Waals surface area (Å²) in [4.78, 5) is 11.4. The summed E-state index contributed by atoms with van der Waals surface area (Å²) in [5.74, 6) is -0.332. The lowest BCUT2D eigenvalue weighted by Gasteiger charge is -2.12. The van der Waals surface area contributed by atoms with Gasteiger partial charge >= 0.3 is 0 Å². The number of rotatable bonds is 7. The Morgan fingerprint density at radius 2 is 2.04 bits per heavy atom. The number of nitrogens with one attached hydrogen (secondary N) is 2. The van der Waals surface area contributed by atoms with E-state index in [-0.39, 0.29) is 36.1 Å². The molecule has 9 heteroatoms. The third-order valence-electron chi connectivity index (χ3n) is 4.35. The maximum Gasteiger partial charge on any atom is 0.191 e. The van der Waals surface area contributed by atoms with E-state index in [2.05, 4.69) is 25.9 Å². The van der Waals surface area contributed by atoms with Crippen LogP contribution in [0.5, 0.6) is 0 Å². The smallest absolute Gasteiger partial charge is 0.191 e. The summed E-state index contributed by atoms with van der Waals surface area (Å²) in [5, 5.41) is 9.55. The number of hydrogen-bond acceptors (Lipinski definition) is 4. The van der Waals surface area contributed by atoms with Crippen molar-refractivity contribution in [1.82, 2.24) is 15.6 Å². The summed E-state index contributed by atoms with van der Waals surface area (Å²) < 4.78 is 27.0. The fraction of sp³-hybridized carbons (Fsp3) is 0.474. The minimum Gasteiger partial charge on any atom is -0.357 e. The first-order chi connectivity index (χ1) is 13.2. The van der Waals surface area contributed by atoms with Crippen LogP contribution in [0, 0.1) is 11.6 Å². The van der Waals surface area contributed by atoms with Crippen LogP contribution >= 0.6 is 35.3 Å². The van der Waals surface area contributed by atoms with E-state index in [4.69, 9.17) is 4.98 Å². The van der Waals surface area contributed by atoms with Gasteiger partial charge in [-0.05, 0) is 38.0 Å². The molecular formula is C19H26F2IN5S. The zero-order chi connectivity index (χ0) is 19.1. The van der Waals surface area contributed by atoms with Crippen molar-refractivity contribution in [1.29, 1.82) is 0 Å². The van der Waals surface area contributed by atoms with Crippen LogP contribution in [0.25, 0.3) is 0 Å². The van der Waals surface area contributed by atoms with Gasteiger partial charge in [0.15, 0.2) is 11.1 Å². The largest absolute Gasteiger partial charge is 0.357 e. The van der Waals surface area contributed by atoms with E-state index in [9.17, 15) is 8.78 Å². The third kappa shape index (κ3) is 6.54. The molecule has 3 rings (SSSR count). The fourth-order valence-corrected chi connectivity index (χ4v) is 3.86. The number of aliphatic imine (C=N–C) groups is 1. The number of nitrogens with zero attached hydrogens (tertiary/aromatic N) is 3. The minimum atomic E-state index is -0.461. The molecule has 154 valence electrons. The van der Waals surface area contributed by atoms with Gasteiger partial charge in [-0.25, -0.2) is 18.8 Å². The second-order valence-electron chi connectivity index (χ2n) is 6.42. The summed E-state index contributed by atoms with van der Waals surface area (Å²) in [6.45, 7) is 5.59. The predicted molar refractivity (Wildman–Crippen MR) is 122 cm³/mol. The number of thiazole rings is 1. The lowest BCUT2D eigenvalue weighted by atomic mass is 10.2. The van der Waals surface area contributed by atoms with Crippen molar-refractivity contribution in [2.75, 3.05) is 31.1 Å². The molecule has 1 saturated heterocycles. The van der Waals surface area contributed by atoms with Crippen LogP contribution in [-0.4, -0.2) is 37.1 Å². The molecule has 1 fully saturated rings. The molecule has 2 aromatic rings. The van der Waals surface area contributed by atoms with Gasteiger partial charge in [-0.15, -0.1) is 35.3 Å². The Morgan fingerprint density at radius 3 is 2.79 bits per heavy atom. The first-order valence-corrected chi connectivity index (χ1v) is 10.2. The second kappa shape index (κ2) is 11.5. The number of halogens is 3. The molecule has 1 aliphatic heterocycles. The summed E-state index contributed by atoms with van der Waals surface area (Å²) >= 11 is 1.69. The molecule has 2 heterocycles. The van der Waals surface area contributed by atoms with Gasteiger partial charge < -0.3 is 15.5 Å². The van der Waals surface area contributed by atoms with Crippen molar-refractivity contribution in [2.45, 2.75) is 32.7 Å². The summed E-state index contributed by atoms with van der Waals surface area (Å²) in [5.41, 5.74) is 1.29. The Hall–Kier alpha value is -1.49. The standard InChI is InChI=1S/C19H25F2N5S.HI/c1-2-22-18(24-12-14-11-15(20)5-6-17(14)21)23-8-7-16-13-27-19(25-16)26-9-3-4-10-26;/h5-6,11,13H,2-4,7-10,12H2,1H3,(H2,22,23,24);1H. The molecule has 0 unspecified atom stereocenters. The van der Waals surface area contributed by atoms with Crippen LogP contribution in [0.1, 0.15) is 31.0 Å². The summed E-state index contributed by atoms with van der Waals surface area (Å²) in [7, 11) is 0.